The number of aromatic nitrogens is 2. The van der Waals surface area contributed by atoms with Crippen molar-refractivity contribution in [3.05, 3.63) is 26.7 Å². The Morgan fingerprint density at radius 2 is 2.06 bits per heavy atom. The van der Waals surface area contributed by atoms with Crippen LogP contribution in [0.15, 0.2) is 19.6 Å². The lowest BCUT2D eigenvalue weighted by atomic mass is 10.3. The fourth-order valence-corrected chi connectivity index (χ4v) is 1.87. The highest BCUT2D eigenvalue weighted by molar-refractivity contribution is 9.13. The van der Waals surface area contributed by atoms with E-state index in [1.54, 1.807) is 20.0 Å². The van der Waals surface area contributed by atoms with Crippen LogP contribution < -0.4 is 5.32 Å². The third kappa shape index (κ3) is 2.35. The van der Waals surface area contributed by atoms with Gasteiger partial charge in [0.05, 0.1) is 10.2 Å². The van der Waals surface area contributed by atoms with Crippen LogP contribution in [0.2, 0.25) is 0 Å². The number of anilines is 1. The number of furan rings is 1. The predicted molar refractivity (Wildman–Crippen MR) is 69.4 cm³/mol. The molecule has 90 valence electrons. The first kappa shape index (κ1) is 12.5. The maximum absolute atomic E-state index is 13.5. The monoisotopic (exact) mass is 363 g/mol. The molecule has 7 heteroatoms. The van der Waals surface area contributed by atoms with E-state index in [0.717, 1.165) is 4.47 Å². The first-order valence-electron chi connectivity index (χ1n) is 4.70. The van der Waals surface area contributed by atoms with Gasteiger partial charge in [0.15, 0.2) is 27.9 Å². The molecule has 0 unspecified atom stereocenters. The molecule has 0 saturated heterocycles. The topological polar surface area (TPSA) is 51.0 Å². The number of nitrogens with zero attached hydrogens (tertiary/aromatic N) is 2. The highest BCUT2D eigenvalue weighted by Crippen LogP contribution is 2.32. The van der Waals surface area contributed by atoms with E-state index >= 15 is 0 Å². The number of aryl methyl sites for hydroxylation is 1. The van der Waals surface area contributed by atoms with Gasteiger partial charge in [-0.25, -0.2) is 14.4 Å². The second-order valence-corrected chi connectivity index (χ2v) is 4.85. The minimum Gasteiger partial charge on any atom is -0.445 e. The Morgan fingerprint density at radius 1 is 1.35 bits per heavy atom. The minimum atomic E-state index is -0.457. The zero-order valence-corrected chi connectivity index (χ0v) is 12.2. The van der Waals surface area contributed by atoms with Crippen LogP contribution in [0.25, 0.3) is 11.6 Å². The quantitative estimate of drug-likeness (QED) is 0.881. The van der Waals surface area contributed by atoms with E-state index in [9.17, 15) is 4.39 Å². The number of rotatable bonds is 2. The summed E-state index contributed by atoms with van der Waals surface area (Å²) in [5.74, 6) is 0.486. The van der Waals surface area contributed by atoms with E-state index in [2.05, 4.69) is 47.1 Å². The van der Waals surface area contributed by atoms with Gasteiger partial charge in [0.1, 0.15) is 0 Å². The lowest BCUT2D eigenvalue weighted by molar-refractivity contribution is 0.546. The number of hydrogen-bond acceptors (Lipinski definition) is 4. The van der Waals surface area contributed by atoms with Gasteiger partial charge in [-0.05, 0) is 38.8 Å². The Hall–Kier alpha value is -0.950. The Bertz CT molecular complexity index is 551. The van der Waals surface area contributed by atoms with E-state index in [1.165, 1.54) is 0 Å². The van der Waals surface area contributed by atoms with Gasteiger partial charge in [-0.3, -0.25) is 0 Å². The van der Waals surface area contributed by atoms with Crippen LogP contribution in [0.5, 0.6) is 0 Å². The second-order valence-electron chi connectivity index (χ2n) is 3.28. The molecular weight excluding hydrogens is 357 g/mol. The fourth-order valence-electron chi connectivity index (χ4n) is 1.29. The number of hydrogen-bond donors (Lipinski definition) is 1. The van der Waals surface area contributed by atoms with Crippen molar-refractivity contribution in [1.82, 2.24) is 9.97 Å². The van der Waals surface area contributed by atoms with Crippen molar-refractivity contribution < 1.29 is 8.81 Å². The van der Waals surface area contributed by atoms with Crippen LogP contribution in [-0.2, 0) is 0 Å². The molecule has 2 aromatic rings. The molecule has 0 amide bonds. The van der Waals surface area contributed by atoms with Crippen molar-refractivity contribution >= 4 is 37.7 Å². The zero-order valence-electron chi connectivity index (χ0n) is 9.01. The largest absolute Gasteiger partial charge is 0.445 e. The zero-order chi connectivity index (χ0) is 12.6. The van der Waals surface area contributed by atoms with Crippen molar-refractivity contribution in [2.24, 2.45) is 0 Å². The Balaban J connectivity index is 2.56. The van der Waals surface area contributed by atoms with Gasteiger partial charge in [-0.15, -0.1) is 0 Å². The maximum Gasteiger partial charge on any atom is 0.198 e. The van der Waals surface area contributed by atoms with Crippen molar-refractivity contribution in [2.75, 3.05) is 12.4 Å². The average Bonchev–Trinajstić information content (AvgIpc) is 2.63. The smallest absolute Gasteiger partial charge is 0.198 e. The van der Waals surface area contributed by atoms with E-state index in [4.69, 9.17) is 4.42 Å². The van der Waals surface area contributed by atoms with Crippen LogP contribution in [0, 0.1) is 12.7 Å². The third-order valence-electron chi connectivity index (χ3n) is 2.12. The van der Waals surface area contributed by atoms with Gasteiger partial charge in [-0.2, -0.15) is 0 Å². The average molecular weight is 365 g/mol. The first-order chi connectivity index (χ1) is 8.02. The molecule has 0 aromatic carbocycles. The summed E-state index contributed by atoms with van der Waals surface area (Å²) in [6, 6.07) is 1.72. The Labute approximate surface area is 114 Å². The van der Waals surface area contributed by atoms with Crippen molar-refractivity contribution in [2.45, 2.75) is 6.92 Å². The molecule has 0 spiro atoms. The molecule has 0 aliphatic carbocycles. The summed E-state index contributed by atoms with van der Waals surface area (Å²) in [4.78, 5) is 8.09. The Morgan fingerprint density at radius 3 is 2.59 bits per heavy atom. The van der Waals surface area contributed by atoms with Gasteiger partial charge < -0.3 is 9.73 Å². The maximum atomic E-state index is 13.5. The van der Waals surface area contributed by atoms with Gasteiger partial charge in [0.25, 0.3) is 0 Å². The molecule has 0 aliphatic rings. The van der Waals surface area contributed by atoms with E-state index in [1.807, 2.05) is 0 Å². The van der Waals surface area contributed by atoms with Gasteiger partial charge in [0, 0.05) is 13.1 Å². The van der Waals surface area contributed by atoms with E-state index < -0.39 is 5.82 Å². The van der Waals surface area contributed by atoms with Crippen LogP contribution in [0.1, 0.15) is 5.69 Å². The van der Waals surface area contributed by atoms with Gasteiger partial charge in [-0.1, -0.05) is 0 Å². The molecule has 17 heavy (non-hydrogen) atoms. The highest BCUT2D eigenvalue weighted by atomic mass is 79.9. The number of nitrogens with one attached hydrogen (secondary N) is 1. The van der Waals surface area contributed by atoms with Crippen LogP contribution >= 0.6 is 31.9 Å². The molecule has 2 aromatic heterocycles. The highest BCUT2D eigenvalue weighted by Gasteiger charge is 2.15. The molecule has 0 aliphatic heterocycles. The van der Waals surface area contributed by atoms with Crippen molar-refractivity contribution in [1.29, 1.82) is 0 Å². The van der Waals surface area contributed by atoms with Crippen LogP contribution in [0.4, 0.5) is 10.2 Å². The number of halogens is 3. The lowest BCUT2D eigenvalue weighted by Gasteiger charge is -2.05. The lowest BCUT2D eigenvalue weighted by Crippen LogP contribution is -2.03. The molecular formula is C10H8Br2FN3O. The Kier molecular flexibility index (Phi) is 3.48. The van der Waals surface area contributed by atoms with E-state index in [0.29, 0.717) is 16.3 Å². The van der Waals surface area contributed by atoms with Crippen LogP contribution in [0.3, 0.4) is 0 Å². The minimum absolute atomic E-state index is 0.149. The van der Waals surface area contributed by atoms with Gasteiger partial charge in [0.2, 0.25) is 0 Å². The summed E-state index contributed by atoms with van der Waals surface area (Å²) in [6.07, 6.45) is 0. The van der Waals surface area contributed by atoms with Gasteiger partial charge >= 0.3 is 0 Å². The molecule has 0 bridgehead atoms. The first-order valence-corrected chi connectivity index (χ1v) is 6.28. The summed E-state index contributed by atoms with van der Waals surface area (Å²) < 4.78 is 20.2. The van der Waals surface area contributed by atoms with E-state index in [-0.39, 0.29) is 11.5 Å². The predicted octanol–water partition coefficient (Wildman–Crippen LogP) is 3.75. The summed E-state index contributed by atoms with van der Waals surface area (Å²) in [7, 11) is 1.60. The molecule has 4 nitrogen and oxygen atoms in total. The normalized spacial score (nSPS) is 10.6. The molecule has 1 N–H and O–H groups in total. The molecule has 2 heterocycles. The summed E-state index contributed by atoms with van der Waals surface area (Å²) in [5, 5.41) is 2.68. The fraction of sp³-hybridized carbons (Fsp3) is 0.200. The second kappa shape index (κ2) is 4.73. The summed E-state index contributed by atoms with van der Waals surface area (Å²) in [5.41, 5.74) is 0.267. The SMILES string of the molecule is CNc1nc(-c2cc(Br)c(Br)o2)nc(C)c1F. The molecule has 0 radical (unpaired) electrons. The summed E-state index contributed by atoms with van der Waals surface area (Å²) in [6.45, 7) is 1.58. The standard InChI is InChI=1S/C10H8Br2FN3O/c1-4-7(13)10(14-2)16-9(15-4)6-3-5(11)8(12)17-6/h3H,1-2H3,(H,14,15,16). The van der Waals surface area contributed by atoms with Crippen molar-refractivity contribution in [3.63, 3.8) is 0 Å². The molecule has 0 fully saturated rings. The molecule has 2 rings (SSSR count). The third-order valence-corrected chi connectivity index (χ3v) is 3.83. The van der Waals surface area contributed by atoms with Crippen LogP contribution in [-0.4, -0.2) is 17.0 Å². The molecule has 0 atom stereocenters. The summed E-state index contributed by atoms with van der Waals surface area (Å²) >= 11 is 6.52. The van der Waals surface area contributed by atoms with Crippen molar-refractivity contribution in [3.8, 4) is 11.6 Å². The molecule has 0 saturated carbocycles.